The smallest absolute Gasteiger partial charge is 0.169 e. The van der Waals surface area contributed by atoms with Crippen LogP contribution in [0.25, 0.3) is 0 Å². The van der Waals surface area contributed by atoms with E-state index in [0.717, 1.165) is 67.2 Å². The Morgan fingerprint density at radius 2 is 1.64 bits per heavy atom. The molecule has 2 aromatic carbocycles. The molecule has 0 bridgehead atoms. The molecule has 7 heteroatoms. The van der Waals surface area contributed by atoms with Crippen molar-refractivity contribution >= 4 is 28.9 Å². The van der Waals surface area contributed by atoms with Gasteiger partial charge >= 0.3 is 0 Å². The first-order valence-corrected chi connectivity index (χ1v) is 12.3. The Morgan fingerprint density at radius 3 is 2.21 bits per heavy atom. The van der Waals surface area contributed by atoms with Crippen molar-refractivity contribution in [1.29, 1.82) is 0 Å². The third-order valence-corrected chi connectivity index (χ3v) is 7.26. The van der Waals surface area contributed by atoms with Crippen molar-refractivity contribution < 1.29 is 0 Å². The standard InChI is InChI=1S/C26H32ClN5S/c1-20-24(25(27)30(2)29-20)19-31-14-9-15-32(17-16-31)26(33)28-18-23(21-10-5-3-6-11-21)22-12-7-4-8-13-22/h3-8,10-13,23H,9,14-19H2,1-2H3,(H,28,33). The minimum absolute atomic E-state index is 0.254. The van der Waals surface area contributed by atoms with Crippen molar-refractivity contribution in [2.45, 2.75) is 25.8 Å². The first-order chi connectivity index (χ1) is 16.0. The molecule has 1 aliphatic heterocycles. The average molecular weight is 482 g/mol. The van der Waals surface area contributed by atoms with E-state index in [1.807, 2.05) is 14.0 Å². The van der Waals surface area contributed by atoms with E-state index in [2.05, 4.69) is 80.9 Å². The summed E-state index contributed by atoms with van der Waals surface area (Å²) in [6.45, 7) is 7.48. The summed E-state index contributed by atoms with van der Waals surface area (Å²) >= 11 is 12.3. The molecule has 1 fully saturated rings. The molecule has 0 atom stereocenters. The van der Waals surface area contributed by atoms with Crippen LogP contribution in [0, 0.1) is 6.92 Å². The predicted molar refractivity (Wildman–Crippen MR) is 140 cm³/mol. The number of nitrogens with zero attached hydrogens (tertiary/aromatic N) is 4. The van der Waals surface area contributed by atoms with E-state index < -0.39 is 0 Å². The first kappa shape index (κ1) is 23.7. The van der Waals surface area contributed by atoms with Gasteiger partial charge in [0.1, 0.15) is 5.15 Å². The van der Waals surface area contributed by atoms with Crippen molar-refractivity contribution in [3.63, 3.8) is 0 Å². The lowest BCUT2D eigenvalue weighted by molar-refractivity contribution is 0.277. The van der Waals surface area contributed by atoms with E-state index in [1.165, 1.54) is 11.1 Å². The molecule has 0 aliphatic carbocycles. The Balaban J connectivity index is 1.36. The van der Waals surface area contributed by atoms with Gasteiger partial charge in [-0.1, -0.05) is 72.3 Å². The number of rotatable bonds is 6. The maximum Gasteiger partial charge on any atom is 0.169 e. The Kier molecular flexibility index (Phi) is 8.02. The number of hydrogen-bond donors (Lipinski definition) is 1. The molecule has 1 aromatic heterocycles. The van der Waals surface area contributed by atoms with Gasteiger partial charge in [0.2, 0.25) is 0 Å². The van der Waals surface area contributed by atoms with Crippen LogP contribution in [-0.2, 0) is 13.6 Å². The second-order valence-electron chi connectivity index (χ2n) is 8.66. The van der Waals surface area contributed by atoms with E-state index in [0.29, 0.717) is 0 Å². The van der Waals surface area contributed by atoms with Gasteiger partial charge < -0.3 is 10.2 Å². The summed E-state index contributed by atoms with van der Waals surface area (Å²) < 4.78 is 1.76. The molecule has 1 saturated heterocycles. The van der Waals surface area contributed by atoms with E-state index in [4.69, 9.17) is 23.8 Å². The van der Waals surface area contributed by atoms with Gasteiger partial charge in [-0.2, -0.15) is 5.10 Å². The number of hydrogen-bond acceptors (Lipinski definition) is 3. The third kappa shape index (κ3) is 5.94. The van der Waals surface area contributed by atoms with E-state index in [1.54, 1.807) is 4.68 Å². The summed E-state index contributed by atoms with van der Waals surface area (Å²) in [5, 5.41) is 9.59. The van der Waals surface area contributed by atoms with Gasteiger partial charge in [-0.05, 0) is 36.7 Å². The molecule has 0 spiro atoms. The highest BCUT2D eigenvalue weighted by molar-refractivity contribution is 7.80. The first-order valence-electron chi connectivity index (χ1n) is 11.6. The van der Waals surface area contributed by atoms with Gasteiger partial charge in [-0.3, -0.25) is 9.58 Å². The minimum Gasteiger partial charge on any atom is -0.362 e. The van der Waals surface area contributed by atoms with Crippen molar-refractivity contribution in [3.8, 4) is 0 Å². The minimum atomic E-state index is 0.254. The monoisotopic (exact) mass is 481 g/mol. The summed E-state index contributed by atoms with van der Waals surface area (Å²) in [6, 6.07) is 21.3. The fourth-order valence-corrected chi connectivity index (χ4v) is 5.01. The Labute approximate surface area is 207 Å². The number of halogens is 1. The molecule has 3 aromatic rings. The molecule has 33 heavy (non-hydrogen) atoms. The van der Waals surface area contributed by atoms with E-state index >= 15 is 0 Å². The quantitative estimate of drug-likeness (QED) is 0.521. The molecular formula is C26H32ClN5S. The van der Waals surface area contributed by atoms with Gasteiger partial charge in [-0.15, -0.1) is 0 Å². The third-order valence-electron chi connectivity index (χ3n) is 6.39. The summed E-state index contributed by atoms with van der Waals surface area (Å²) in [5.41, 5.74) is 4.73. The van der Waals surface area contributed by atoms with Gasteiger partial charge in [-0.25, -0.2) is 0 Å². The SMILES string of the molecule is Cc1nn(C)c(Cl)c1CN1CCCN(C(=S)NCC(c2ccccc2)c2ccccc2)CC1. The van der Waals surface area contributed by atoms with Crippen LogP contribution in [0.3, 0.4) is 0 Å². The van der Waals surface area contributed by atoms with Crippen LogP contribution < -0.4 is 5.32 Å². The average Bonchev–Trinajstić information content (AvgIpc) is 3.00. The molecule has 4 rings (SSSR count). The van der Waals surface area contributed by atoms with E-state index in [-0.39, 0.29) is 5.92 Å². The number of aromatic nitrogens is 2. The molecule has 174 valence electrons. The summed E-state index contributed by atoms with van der Waals surface area (Å²) in [4.78, 5) is 4.76. The van der Waals surface area contributed by atoms with Crippen LogP contribution >= 0.6 is 23.8 Å². The van der Waals surface area contributed by atoms with Crippen molar-refractivity contribution in [2.75, 3.05) is 32.7 Å². The molecule has 0 radical (unpaired) electrons. The topological polar surface area (TPSA) is 36.3 Å². The van der Waals surface area contributed by atoms with Gasteiger partial charge in [0.05, 0.1) is 5.69 Å². The Bertz CT molecular complexity index is 1010. The zero-order chi connectivity index (χ0) is 23.2. The van der Waals surface area contributed by atoms with Crippen molar-refractivity contribution in [2.24, 2.45) is 7.05 Å². The fourth-order valence-electron chi connectivity index (χ4n) is 4.51. The number of thiocarbonyl (C=S) groups is 1. The maximum atomic E-state index is 6.46. The van der Waals surface area contributed by atoms with Crippen LogP contribution in [0.15, 0.2) is 60.7 Å². The van der Waals surface area contributed by atoms with E-state index in [9.17, 15) is 0 Å². The molecule has 5 nitrogen and oxygen atoms in total. The summed E-state index contributed by atoms with van der Waals surface area (Å²) in [7, 11) is 1.89. The fraction of sp³-hybridized carbons (Fsp3) is 0.385. The lowest BCUT2D eigenvalue weighted by Gasteiger charge is -2.27. The lowest BCUT2D eigenvalue weighted by atomic mass is 9.91. The number of aryl methyl sites for hydroxylation is 2. The summed E-state index contributed by atoms with van der Waals surface area (Å²) in [6.07, 6.45) is 1.07. The maximum absolute atomic E-state index is 6.46. The summed E-state index contributed by atoms with van der Waals surface area (Å²) in [5.74, 6) is 0.254. The van der Waals surface area contributed by atoms with Crippen LogP contribution in [0.1, 0.15) is 34.7 Å². The largest absolute Gasteiger partial charge is 0.362 e. The van der Waals surface area contributed by atoms with Crippen molar-refractivity contribution in [3.05, 3.63) is 88.2 Å². The highest BCUT2D eigenvalue weighted by Gasteiger charge is 2.21. The van der Waals surface area contributed by atoms with Crippen LogP contribution in [0.5, 0.6) is 0 Å². The molecule has 1 N–H and O–H groups in total. The predicted octanol–water partition coefficient (Wildman–Crippen LogP) is 4.60. The molecular weight excluding hydrogens is 450 g/mol. The van der Waals surface area contributed by atoms with Gasteiger partial charge in [0.15, 0.2) is 5.11 Å². The number of nitrogens with one attached hydrogen (secondary N) is 1. The van der Waals surface area contributed by atoms with Crippen molar-refractivity contribution in [1.82, 2.24) is 24.9 Å². The van der Waals surface area contributed by atoms with Gasteiger partial charge in [0.25, 0.3) is 0 Å². The normalized spacial score (nSPS) is 15.0. The van der Waals surface area contributed by atoms with Gasteiger partial charge in [0, 0.05) is 57.8 Å². The molecule has 0 unspecified atom stereocenters. The molecule has 0 saturated carbocycles. The highest BCUT2D eigenvalue weighted by atomic mass is 35.5. The Morgan fingerprint density at radius 1 is 1.00 bits per heavy atom. The Hall–Kier alpha value is -2.41. The molecule has 2 heterocycles. The zero-order valence-electron chi connectivity index (χ0n) is 19.4. The molecule has 1 aliphatic rings. The number of benzene rings is 2. The van der Waals surface area contributed by atoms with Crippen LogP contribution in [-0.4, -0.2) is 57.4 Å². The van der Waals surface area contributed by atoms with Crippen LogP contribution in [0.4, 0.5) is 0 Å². The molecule has 0 amide bonds. The second kappa shape index (κ2) is 11.1. The lowest BCUT2D eigenvalue weighted by Crippen LogP contribution is -2.43. The highest BCUT2D eigenvalue weighted by Crippen LogP contribution is 2.24. The zero-order valence-corrected chi connectivity index (χ0v) is 20.9. The van der Waals surface area contributed by atoms with Crippen LogP contribution in [0.2, 0.25) is 5.15 Å². The second-order valence-corrected chi connectivity index (χ2v) is 9.40.